The van der Waals surface area contributed by atoms with E-state index in [9.17, 15) is 0 Å². The Morgan fingerprint density at radius 1 is 0.315 bits per heavy atom. The Balaban J connectivity index is 1.43. The summed E-state index contributed by atoms with van der Waals surface area (Å²) in [5.74, 6) is 0. The van der Waals surface area contributed by atoms with Crippen LogP contribution in [0.2, 0.25) is 0 Å². The average Bonchev–Trinajstić information content (AvgIpc) is 4.04. The fourth-order valence-electron chi connectivity index (χ4n) is 7.38. The number of thiophene rings is 6. The van der Waals surface area contributed by atoms with Gasteiger partial charge in [-0.3, -0.25) is 0 Å². The van der Waals surface area contributed by atoms with E-state index in [0.717, 1.165) is 0 Å². The molecule has 54 heavy (non-hydrogen) atoms. The predicted molar refractivity (Wildman–Crippen MR) is 253 cm³/mol. The zero-order valence-electron chi connectivity index (χ0n) is 33.8. The molecule has 0 saturated heterocycles. The zero-order valence-corrected chi connectivity index (χ0v) is 38.7. The molecule has 6 heteroatoms. The van der Waals surface area contributed by atoms with Crippen LogP contribution in [0.15, 0.2) is 47.2 Å². The van der Waals surface area contributed by atoms with Crippen LogP contribution in [0.4, 0.5) is 0 Å². The molecule has 6 rings (SSSR count). The van der Waals surface area contributed by atoms with Gasteiger partial charge in [0.05, 0.1) is 0 Å². The average molecular weight is 831 g/mol. The summed E-state index contributed by atoms with van der Waals surface area (Å²) in [6.45, 7) is 14.0. The standard InChI is InChI=1S/C48H62S6/c1-7-13-19-33-25-27-49-43(33)45-35(21-15-9-3)29-39(51-45)41-31-37(23-17-11-5)47(53-41)48-38(24-18-12-6)32-42(54-48)40-30-36(22-16-10-4)46(52-40)44-34(20-14-8-2)26-28-50-44/h25-32H,7-24H2,1-6H3. The van der Waals surface area contributed by atoms with Crippen molar-refractivity contribution in [2.24, 2.45) is 0 Å². The molecule has 0 spiro atoms. The van der Waals surface area contributed by atoms with Crippen molar-refractivity contribution in [1.29, 1.82) is 0 Å². The van der Waals surface area contributed by atoms with Gasteiger partial charge in [0.15, 0.2) is 0 Å². The van der Waals surface area contributed by atoms with E-state index in [1.165, 1.54) is 145 Å². The molecule has 6 aromatic heterocycles. The van der Waals surface area contributed by atoms with Crippen molar-refractivity contribution in [2.75, 3.05) is 0 Å². The van der Waals surface area contributed by atoms with Gasteiger partial charge in [-0.25, -0.2) is 0 Å². The van der Waals surface area contributed by atoms with Gasteiger partial charge in [0.2, 0.25) is 0 Å². The first-order valence-corrected chi connectivity index (χ1v) is 26.2. The second-order valence-corrected chi connectivity index (χ2v) is 21.1. The van der Waals surface area contributed by atoms with E-state index in [0.29, 0.717) is 0 Å². The van der Waals surface area contributed by atoms with Crippen LogP contribution in [0, 0.1) is 0 Å². The van der Waals surface area contributed by atoms with Crippen LogP contribution in [0.5, 0.6) is 0 Å². The van der Waals surface area contributed by atoms with Gasteiger partial charge in [0.25, 0.3) is 0 Å². The molecule has 0 N–H and O–H groups in total. The lowest BCUT2D eigenvalue weighted by atomic mass is 10.0. The molecule has 0 radical (unpaired) electrons. The van der Waals surface area contributed by atoms with E-state index in [-0.39, 0.29) is 0 Å². The second kappa shape index (κ2) is 21.1. The van der Waals surface area contributed by atoms with Crippen LogP contribution < -0.4 is 0 Å². The molecule has 0 fully saturated rings. The third-order valence-corrected chi connectivity index (χ3v) is 18.1. The van der Waals surface area contributed by atoms with Gasteiger partial charge in [-0.2, -0.15) is 0 Å². The maximum Gasteiger partial charge on any atom is 0.0484 e. The van der Waals surface area contributed by atoms with Gasteiger partial charge in [0.1, 0.15) is 0 Å². The minimum absolute atomic E-state index is 1.17. The van der Waals surface area contributed by atoms with Crippen molar-refractivity contribution < 1.29 is 0 Å². The van der Waals surface area contributed by atoms with Crippen molar-refractivity contribution in [2.45, 2.75) is 157 Å². The number of aryl methyl sites for hydroxylation is 6. The number of hydrogen-bond donors (Lipinski definition) is 0. The van der Waals surface area contributed by atoms with Crippen molar-refractivity contribution in [1.82, 2.24) is 0 Å². The topological polar surface area (TPSA) is 0 Å². The van der Waals surface area contributed by atoms with Gasteiger partial charge in [0, 0.05) is 48.8 Å². The Hall–Kier alpha value is -1.80. The van der Waals surface area contributed by atoms with Gasteiger partial charge < -0.3 is 0 Å². The summed E-state index contributed by atoms with van der Waals surface area (Å²) in [7, 11) is 0. The van der Waals surface area contributed by atoms with E-state index in [1.54, 1.807) is 52.9 Å². The molecular formula is C48H62S6. The van der Waals surface area contributed by atoms with Crippen LogP contribution in [0.1, 0.15) is 152 Å². The summed E-state index contributed by atoms with van der Waals surface area (Å²) in [5, 5.41) is 4.66. The molecule has 0 aliphatic rings. The number of rotatable bonds is 23. The SMILES string of the molecule is CCCCc1ccsc1-c1sc(-c2cc(CCCC)c(-c3sc(-c4cc(CCCC)c(-c5sccc5CCCC)s4)cc3CCCC)s2)cc1CCCC. The van der Waals surface area contributed by atoms with Crippen LogP contribution in [-0.2, 0) is 38.5 Å². The first-order valence-electron chi connectivity index (χ1n) is 21.2. The first-order chi connectivity index (χ1) is 26.5. The van der Waals surface area contributed by atoms with E-state index in [4.69, 9.17) is 0 Å². The van der Waals surface area contributed by atoms with E-state index >= 15 is 0 Å². The predicted octanol–water partition coefficient (Wildman–Crippen LogP) is 18.4. The third-order valence-electron chi connectivity index (χ3n) is 10.6. The Labute approximate surface area is 351 Å². The summed E-state index contributed by atoms with van der Waals surface area (Å²) >= 11 is 12.2. The van der Waals surface area contributed by atoms with E-state index < -0.39 is 0 Å². The Morgan fingerprint density at radius 3 is 0.815 bits per heavy atom. The molecule has 0 amide bonds. The summed E-state index contributed by atoms with van der Waals surface area (Å²) in [5.41, 5.74) is 9.40. The van der Waals surface area contributed by atoms with Gasteiger partial charge in [-0.15, -0.1) is 68.0 Å². The highest BCUT2D eigenvalue weighted by atomic mass is 32.1. The molecule has 0 nitrogen and oxygen atoms in total. The van der Waals surface area contributed by atoms with Crippen molar-refractivity contribution in [3.05, 3.63) is 80.5 Å². The van der Waals surface area contributed by atoms with Crippen LogP contribution in [0.3, 0.4) is 0 Å². The van der Waals surface area contributed by atoms with Crippen molar-refractivity contribution in [3.63, 3.8) is 0 Å². The highest BCUT2D eigenvalue weighted by Crippen LogP contribution is 2.51. The normalized spacial score (nSPS) is 11.7. The van der Waals surface area contributed by atoms with E-state index in [2.05, 4.69) is 134 Å². The lowest BCUT2D eigenvalue weighted by Gasteiger charge is -2.05. The molecule has 0 unspecified atom stereocenters. The minimum atomic E-state index is 1.17. The largest absolute Gasteiger partial charge is 0.143 e. The smallest absolute Gasteiger partial charge is 0.0484 e. The molecule has 6 aromatic rings. The Kier molecular flexibility index (Phi) is 16.3. The molecular weight excluding hydrogens is 769 g/mol. The Morgan fingerprint density at radius 2 is 0.556 bits per heavy atom. The molecule has 0 aromatic carbocycles. The van der Waals surface area contributed by atoms with Crippen LogP contribution in [-0.4, -0.2) is 0 Å². The van der Waals surface area contributed by atoms with Gasteiger partial charge in [-0.1, -0.05) is 80.1 Å². The summed E-state index contributed by atoms with van der Waals surface area (Å²) in [6.07, 6.45) is 22.1. The fraction of sp³-hybridized carbons (Fsp3) is 0.500. The van der Waals surface area contributed by atoms with Crippen molar-refractivity contribution in [3.8, 4) is 48.8 Å². The number of unbranched alkanes of at least 4 members (excludes halogenated alkanes) is 6. The van der Waals surface area contributed by atoms with Crippen LogP contribution in [0.25, 0.3) is 48.8 Å². The zero-order chi connectivity index (χ0) is 37.9. The number of hydrogen-bond acceptors (Lipinski definition) is 6. The Bertz CT molecular complexity index is 1870. The molecule has 0 aliphatic heterocycles. The lowest BCUT2D eigenvalue weighted by Crippen LogP contribution is -1.87. The summed E-state index contributed by atoms with van der Waals surface area (Å²) < 4.78 is 0. The van der Waals surface area contributed by atoms with Gasteiger partial charge >= 0.3 is 0 Å². The fourth-order valence-corrected chi connectivity index (χ4v) is 14.9. The maximum absolute atomic E-state index is 2.60. The molecule has 290 valence electrons. The quantitative estimate of drug-likeness (QED) is 0.0603. The van der Waals surface area contributed by atoms with Gasteiger partial charge in [-0.05, 0) is 158 Å². The molecule has 0 atom stereocenters. The van der Waals surface area contributed by atoms with E-state index in [1.807, 2.05) is 22.7 Å². The highest BCUT2D eigenvalue weighted by Gasteiger charge is 2.24. The summed E-state index contributed by atoms with van der Waals surface area (Å²) in [4.78, 5) is 15.2. The first kappa shape index (κ1) is 41.8. The maximum atomic E-state index is 2.60. The molecule has 6 heterocycles. The molecule has 0 bridgehead atoms. The second-order valence-electron chi connectivity index (χ2n) is 15.0. The van der Waals surface area contributed by atoms with Crippen molar-refractivity contribution >= 4 is 68.0 Å². The molecule has 0 aliphatic carbocycles. The highest BCUT2D eigenvalue weighted by molar-refractivity contribution is 7.30. The third kappa shape index (κ3) is 10.0. The monoisotopic (exact) mass is 830 g/mol. The summed E-state index contributed by atoms with van der Waals surface area (Å²) in [6, 6.07) is 15.2. The molecule has 0 saturated carbocycles. The lowest BCUT2D eigenvalue weighted by molar-refractivity contribution is 0.794. The minimum Gasteiger partial charge on any atom is -0.143 e. The van der Waals surface area contributed by atoms with Crippen LogP contribution >= 0.6 is 68.0 Å².